The Kier molecular flexibility index (Phi) is 4.67. The number of phosphoric acid groups is 1. The summed E-state index contributed by atoms with van der Waals surface area (Å²) in [6.07, 6.45) is 0. The van der Waals surface area contributed by atoms with Crippen molar-refractivity contribution in [2.24, 2.45) is 5.73 Å². The van der Waals surface area contributed by atoms with Gasteiger partial charge in [0.1, 0.15) is 0 Å². The van der Waals surface area contributed by atoms with Crippen molar-refractivity contribution >= 4 is 23.0 Å². The van der Waals surface area contributed by atoms with Crippen LogP contribution in [0.3, 0.4) is 0 Å². The number of phosphoric ester groups is 1. The average Bonchev–Trinajstić information content (AvgIpc) is 1.93. The molecule has 98 valence electrons. The lowest BCUT2D eigenvalue weighted by Gasteiger charge is -2.32. The third-order valence-electron chi connectivity index (χ3n) is 1.44. The fourth-order valence-corrected chi connectivity index (χ4v) is 4.52. The Morgan fingerprint density at radius 3 is 1.31 bits per heavy atom. The van der Waals surface area contributed by atoms with Crippen LogP contribution in [-0.4, -0.2) is 41.0 Å². The molecule has 0 amide bonds. The fraction of sp³-hybridized carbons (Fsp3) is 1.00. The normalized spacial score (nSPS) is 15.2. The molecular formula is C2H10NO10P3. The second-order valence-electron chi connectivity index (χ2n) is 2.62. The van der Waals surface area contributed by atoms with Crippen LogP contribution in [0.2, 0.25) is 0 Å². The van der Waals surface area contributed by atoms with Crippen LogP contribution in [0.5, 0.6) is 0 Å². The van der Waals surface area contributed by atoms with Gasteiger partial charge in [0.05, 0.1) is 0 Å². The molecule has 0 atom stereocenters. The van der Waals surface area contributed by atoms with Crippen molar-refractivity contribution < 1.29 is 47.6 Å². The van der Waals surface area contributed by atoms with Gasteiger partial charge in [0, 0.05) is 6.54 Å². The molecule has 0 rings (SSSR count). The first-order valence-electron chi connectivity index (χ1n) is 3.34. The standard InChI is InChI=1S/C2H10NO10P3/c3-1-2(14(4,5)6,15(7,8)9)13-16(10,11)12/h1,3H2,(H2,4,5,6)(H2,7,8,9)(H2,10,11,12). The highest BCUT2D eigenvalue weighted by Crippen LogP contribution is 2.72. The van der Waals surface area contributed by atoms with E-state index in [1.165, 1.54) is 0 Å². The molecule has 0 fully saturated rings. The molecule has 11 nitrogen and oxygen atoms in total. The van der Waals surface area contributed by atoms with E-state index in [4.69, 9.17) is 35.1 Å². The Hall–Kier alpha value is 0.370. The average molecular weight is 301 g/mol. The Bertz CT molecular complexity index is 363. The van der Waals surface area contributed by atoms with Gasteiger partial charge in [-0.05, 0) is 0 Å². The van der Waals surface area contributed by atoms with E-state index in [2.05, 4.69) is 4.52 Å². The Morgan fingerprint density at radius 2 is 1.25 bits per heavy atom. The van der Waals surface area contributed by atoms with E-state index in [-0.39, 0.29) is 0 Å². The molecule has 16 heavy (non-hydrogen) atoms. The smallest absolute Gasteiger partial charge is 0.327 e. The fourth-order valence-electron chi connectivity index (χ4n) is 0.742. The number of nitrogens with two attached hydrogens (primary N) is 1. The first-order chi connectivity index (χ1) is 6.77. The molecule has 0 saturated heterocycles. The minimum Gasteiger partial charge on any atom is -0.327 e. The predicted molar refractivity (Wildman–Crippen MR) is 49.0 cm³/mol. The summed E-state index contributed by atoms with van der Waals surface area (Å²) in [6.45, 7) is -1.48. The molecule has 0 bridgehead atoms. The van der Waals surface area contributed by atoms with E-state index >= 15 is 0 Å². The summed E-state index contributed by atoms with van der Waals surface area (Å²) in [5, 5.41) is -3.75. The molecule has 0 aliphatic heterocycles. The lowest BCUT2D eigenvalue weighted by Crippen LogP contribution is -2.39. The molecule has 0 unspecified atom stereocenters. The van der Waals surface area contributed by atoms with Gasteiger partial charge in [-0.3, -0.25) is 13.7 Å². The monoisotopic (exact) mass is 301 g/mol. The van der Waals surface area contributed by atoms with E-state index in [0.29, 0.717) is 0 Å². The molecule has 0 aromatic rings. The van der Waals surface area contributed by atoms with Crippen molar-refractivity contribution in [1.29, 1.82) is 0 Å². The van der Waals surface area contributed by atoms with Gasteiger partial charge in [-0.1, -0.05) is 0 Å². The highest BCUT2D eigenvalue weighted by molar-refractivity contribution is 7.72. The van der Waals surface area contributed by atoms with Gasteiger partial charge in [-0.2, -0.15) is 0 Å². The quantitative estimate of drug-likeness (QED) is 0.278. The van der Waals surface area contributed by atoms with Crippen molar-refractivity contribution in [1.82, 2.24) is 0 Å². The molecular weight excluding hydrogens is 291 g/mol. The summed E-state index contributed by atoms with van der Waals surface area (Å²) in [5.41, 5.74) is 4.73. The topological polar surface area (TPSA) is 208 Å². The summed E-state index contributed by atoms with van der Waals surface area (Å²) < 4.78 is 35.7. The lowest BCUT2D eigenvalue weighted by molar-refractivity contribution is 0.111. The molecule has 8 N–H and O–H groups in total. The lowest BCUT2D eigenvalue weighted by atomic mass is 10.7. The van der Waals surface area contributed by atoms with E-state index in [1.807, 2.05) is 0 Å². The molecule has 0 spiro atoms. The van der Waals surface area contributed by atoms with Gasteiger partial charge in [0.25, 0.3) is 5.08 Å². The van der Waals surface area contributed by atoms with Crippen LogP contribution in [0, 0.1) is 0 Å². The summed E-state index contributed by atoms with van der Waals surface area (Å²) in [5.74, 6) is 0. The van der Waals surface area contributed by atoms with Crippen LogP contribution < -0.4 is 5.73 Å². The van der Waals surface area contributed by atoms with Gasteiger partial charge in [0.15, 0.2) is 0 Å². The van der Waals surface area contributed by atoms with Crippen molar-refractivity contribution in [3.05, 3.63) is 0 Å². The third-order valence-corrected chi connectivity index (χ3v) is 6.21. The summed E-state index contributed by atoms with van der Waals surface area (Å²) >= 11 is 0. The first kappa shape index (κ1) is 16.4. The van der Waals surface area contributed by atoms with Crippen LogP contribution in [0.1, 0.15) is 0 Å². The second-order valence-corrected chi connectivity index (χ2v) is 7.75. The zero-order valence-electron chi connectivity index (χ0n) is 7.44. The Balaban J connectivity index is 5.80. The van der Waals surface area contributed by atoms with Crippen molar-refractivity contribution in [2.75, 3.05) is 6.54 Å². The van der Waals surface area contributed by atoms with Crippen LogP contribution >= 0.6 is 23.0 Å². The van der Waals surface area contributed by atoms with Gasteiger partial charge in [0.2, 0.25) is 0 Å². The Morgan fingerprint density at radius 1 is 0.938 bits per heavy atom. The van der Waals surface area contributed by atoms with E-state index in [1.54, 1.807) is 0 Å². The minimum atomic E-state index is -5.73. The zero-order chi connectivity index (χ0) is 13.4. The molecule has 0 heterocycles. The van der Waals surface area contributed by atoms with Crippen molar-refractivity contribution in [2.45, 2.75) is 5.08 Å². The van der Waals surface area contributed by atoms with Crippen molar-refractivity contribution in [3.63, 3.8) is 0 Å². The summed E-state index contributed by atoms with van der Waals surface area (Å²) in [7, 11) is -17.0. The maximum atomic E-state index is 10.9. The summed E-state index contributed by atoms with van der Waals surface area (Å²) in [4.78, 5) is 51.5. The molecule has 14 heteroatoms. The van der Waals surface area contributed by atoms with Crippen LogP contribution in [-0.2, 0) is 18.2 Å². The number of hydrogen-bond donors (Lipinski definition) is 7. The predicted octanol–water partition coefficient (Wildman–Crippen LogP) is -1.94. The summed E-state index contributed by atoms with van der Waals surface area (Å²) in [6, 6.07) is 0. The first-order valence-corrected chi connectivity index (χ1v) is 8.10. The molecule has 0 aliphatic carbocycles. The number of rotatable bonds is 5. The highest BCUT2D eigenvalue weighted by atomic mass is 31.2. The maximum Gasteiger partial charge on any atom is 0.471 e. The van der Waals surface area contributed by atoms with Crippen LogP contribution in [0.4, 0.5) is 0 Å². The molecule has 0 radical (unpaired) electrons. The molecule has 0 aliphatic rings. The minimum absolute atomic E-state index is 1.48. The highest BCUT2D eigenvalue weighted by Gasteiger charge is 2.64. The van der Waals surface area contributed by atoms with E-state index < -0.39 is 34.6 Å². The zero-order valence-corrected chi connectivity index (χ0v) is 10.1. The molecule has 0 aromatic heterocycles. The van der Waals surface area contributed by atoms with Gasteiger partial charge in [-0.25, -0.2) is 4.57 Å². The largest absolute Gasteiger partial charge is 0.471 e. The van der Waals surface area contributed by atoms with E-state index in [9.17, 15) is 13.7 Å². The van der Waals surface area contributed by atoms with Gasteiger partial charge >= 0.3 is 23.0 Å². The van der Waals surface area contributed by atoms with Crippen molar-refractivity contribution in [3.8, 4) is 0 Å². The van der Waals surface area contributed by atoms with Gasteiger partial charge < -0.3 is 35.1 Å². The second kappa shape index (κ2) is 4.56. The molecule has 0 saturated carbocycles. The third kappa shape index (κ3) is 3.43. The number of hydrogen-bond acceptors (Lipinski definition) is 5. The maximum absolute atomic E-state index is 10.9. The Labute approximate surface area is 88.8 Å². The van der Waals surface area contributed by atoms with Crippen LogP contribution in [0.15, 0.2) is 0 Å². The van der Waals surface area contributed by atoms with Crippen LogP contribution in [0.25, 0.3) is 0 Å². The van der Waals surface area contributed by atoms with Gasteiger partial charge in [-0.15, -0.1) is 0 Å². The molecule has 0 aromatic carbocycles. The van der Waals surface area contributed by atoms with E-state index in [0.717, 1.165) is 0 Å². The SMILES string of the molecule is NCC(OP(=O)(O)O)(P(=O)(O)O)P(=O)(O)O.